The molecular formula is C22H17N3O3. The first-order chi connectivity index (χ1) is 13.7. The number of amides is 1. The van der Waals surface area contributed by atoms with E-state index in [-0.39, 0.29) is 12.5 Å². The number of nitrogens with one attached hydrogen (secondary N) is 1. The molecule has 3 N–H and O–H groups in total. The van der Waals surface area contributed by atoms with Gasteiger partial charge in [0.2, 0.25) is 6.79 Å². The lowest BCUT2D eigenvalue weighted by atomic mass is 10.0. The lowest BCUT2D eigenvalue weighted by molar-refractivity contribution is 0.0995. The van der Waals surface area contributed by atoms with Crippen LogP contribution in [0.15, 0.2) is 60.7 Å². The molecule has 5 rings (SSSR count). The van der Waals surface area contributed by atoms with E-state index < -0.39 is 5.91 Å². The van der Waals surface area contributed by atoms with Crippen LogP contribution in [0.4, 0.5) is 0 Å². The van der Waals surface area contributed by atoms with Crippen molar-refractivity contribution < 1.29 is 14.3 Å². The van der Waals surface area contributed by atoms with Gasteiger partial charge in [-0.05, 0) is 29.3 Å². The van der Waals surface area contributed by atoms with Crippen molar-refractivity contribution in [1.29, 1.82) is 0 Å². The Balaban J connectivity index is 1.69. The van der Waals surface area contributed by atoms with Gasteiger partial charge in [-0.3, -0.25) is 4.79 Å². The molecule has 0 saturated carbocycles. The maximum absolute atomic E-state index is 11.5. The number of ether oxygens (including phenoxy) is 2. The average Bonchev–Trinajstić information content (AvgIpc) is 3.31. The number of hydrogen-bond donors (Lipinski definition) is 2. The SMILES string of the molecule is NC(=O)c1cccc(Cc2c(-c3ccccc3)[nH]c3cc4c(cc23)OCO4)n1. The summed E-state index contributed by atoms with van der Waals surface area (Å²) in [7, 11) is 0. The second-order valence-corrected chi connectivity index (χ2v) is 6.65. The van der Waals surface area contributed by atoms with Gasteiger partial charge >= 0.3 is 0 Å². The number of H-pyrrole nitrogens is 1. The second-order valence-electron chi connectivity index (χ2n) is 6.65. The molecule has 138 valence electrons. The first kappa shape index (κ1) is 16.4. The van der Waals surface area contributed by atoms with Crippen LogP contribution in [0.1, 0.15) is 21.7 Å². The van der Waals surface area contributed by atoms with Crippen molar-refractivity contribution in [2.45, 2.75) is 6.42 Å². The van der Waals surface area contributed by atoms with Crippen molar-refractivity contribution in [1.82, 2.24) is 9.97 Å². The van der Waals surface area contributed by atoms with E-state index in [0.29, 0.717) is 6.42 Å². The molecular weight excluding hydrogens is 354 g/mol. The highest BCUT2D eigenvalue weighted by atomic mass is 16.7. The molecule has 0 atom stereocenters. The summed E-state index contributed by atoms with van der Waals surface area (Å²) in [5.74, 6) is 0.924. The number of nitrogens with zero attached hydrogens (tertiary/aromatic N) is 1. The van der Waals surface area contributed by atoms with E-state index in [4.69, 9.17) is 15.2 Å². The fraction of sp³-hybridized carbons (Fsp3) is 0.0909. The fourth-order valence-corrected chi connectivity index (χ4v) is 3.57. The molecule has 2 aromatic carbocycles. The summed E-state index contributed by atoms with van der Waals surface area (Å²) in [6.45, 7) is 0.227. The summed E-state index contributed by atoms with van der Waals surface area (Å²) < 4.78 is 11.1. The van der Waals surface area contributed by atoms with E-state index in [1.54, 1.807) is 12.1 Å². The number of aromatic nitrogens is 2. The van der Waals surface area contributed by atoms with Crippen LogP contribution in [0.5, 0.6) is 11.5 Å². The Hall–Kier alpha value is -3.80. The van der Waals surface area contributed by atoms with Crippen molar-refractivity contribution >= 4 is 16.8 Å². The standard InChI is InChI=1S/C22H17N3O3/c23-22(26)17-8-4-7-14(24-17)9-16-15-10-19-20(28-12-27-19)11-18(15)25-21(16)13-5-2-1-3-6-13/h1-8,10-11,25H,9,12H2,(H2,23,26). The Morgan fingerprint density at radius 1 is 1.04 bits per heavy atom. The predicted octanol–water partition coefficient (Wildman–Crippen LogP) is 3.65. The summed E-state index contributed by atoms with van der Waals surface area (Å²) in [6.07, 6.45) is 0.547. The van der Waals surface area contributed by atoms with Crippen LogP contribution < -0.4 is 15.2 Å². The van der Waals surface area contributed by atoms with E-state index in [1.807, 2.05) is 36.4 Å². The van der Waals surface area contributed by atoms with Gasteiger partial charge in [-0.15, -0.1) is 0 Å². The summed E-state index contributed by atoms with van der Waals surface area (Å²) in [5.41, 5.74) is 10.5. The number of benzene rings is 2. The molecule has 0 unspecified atom stereocenters. The highest BCUT2D eigenvalue weighted by Gasteiger charge is 2.20. The van der Waals surface area contributed by atoms with Gasteiger partial charge in [-0.2, -0.15) is 0 Å². The molecule has 6 nitrogen and oxygen atoms in total. The number of fused-ring (bicyclic) bond motifs is 2. The Morgan fingerprint density at radius 3 is 2.61 bits per heavy atom. The van der Waals surface area contributed by atoms with Gasteiger partial charge in [0.15, 0.2) is 11.5 Å². The number of carbonyl (C=O) groups excluding carboxylic acids is 1. The number of pyridine rings is 1. The molecule has 0 aliphatic carbocycles. The predicted molar refractivity (Wildman–Crippen MR) is 105 cm³/mol. The zero-order valence-electron chi connectivity index (χ0n) is 14.9. The van der Waals surface area contributed by atoms with E-state index in [2.05, 4.69) is 22.1 Å². The number of rotatable bonds is 4. The molecule has 0 radical (unpaired) electrons. The van der Waals surface area contributed by atoms with Crippen molar-refractivity contribution in [3.63, 3.8) is 0 Å². The fourth-order valence-electron chi connectivity index (χ4n) is 3.57. The van der Waals surface area contributed by atoms with Gasteiger partial charge in [0.25, 0.3) is 5.91 Å². The quantitative estimate of drug-likeness (QED) is 0.573. The monoisotopic (exact) mass is 371 g/mol. The van der Waals surface area contributed by atoms with Crippen LogP contribution in [0.3, 0.4) is 0 Å². The highest BCUT2D eigenvalue weighted by Crippen LogP contribution is 2.40. The zero-order valence-corrected chi connectivity index (χ0v) is 14.9. The number of primary amides is 1. The molecule has 0 saturated heterocycles. The largest absolute Gasteiger partial charge is 0.454 e. The molecule has 0 fully saturated rings. The Bertz CT molecular complexity index is 1200. The van der Waals surface area contributed by atoms with E-state index in [1.165, 1.54) is 0 Å². The summed E-state index contributed by atoms with van der Waals surface area (Å²) >= 11 is 0. The smallest absolute Gasteiger partial charge is 0.267 e. The van der Waals surface area contributed by atoms with E-state index >= 15 is 0 Å². The van der Waals surface area contributed by atoms with Crippen LogP contribution >= 0.6 is 0 Å². The molecule has 3 heterocycles. The zero-order chi connectivity index (χ0) is 19.1. The summed E-state index contributed by atoms with van der Waals surface area (Å²) in [4.78, 5) is 19.4. The van der Waals surface area contributed by atoms with E-state index in [0.717, 1.165) is 44.9 Å². The van der Waals surface area contributed by atoms with Crippen LogP contribution in [0.2, 0.25) is 0 Å². The molecule has 2 aromatic heterocycles. The lowest BCUT2D eigenvalue weighted by Gasteiger charge is -2.06. The number of nitrogens with two attached hydrogens (primary N) is 1. The Kier molecular flexibility index (Phi) is 3.76. The Morgan fingerprint density at radius 2 is 1.82 bits per heavy atom. The second kappa shape index (κ2) is 6.42. The van der Waals surface area contributed by atoms with Gasteiger partial charge in [-0.25, -0.2) is 4.98 Å². The minimum Gasteiger partial charge on any atom is -0.454 e. The highest BCUT2D eigenvalue weighted by molar-refractivity contribution is 5.94. The molecule has 0 bridgehead atoms. The Labute approximate surface area is 160 Å². The van der Waals surface area contributed by atoms with Crippen LogP contribution in [-0.2, 0) is 6.42 Å². The number of carbonyl (C=O) groups is 1. The molecule has 0 spiro atoms. The average molecular weight is 371 g/mol. The van der Waals surface area contributed by atoms with Crippen molar-refractivity contribution in [3.05, 3.63) is 77.6 Å². The van der Waals surface area contributed by atoms with Gasteiger partial charge in [0.05, 0.1) is 11.2 Å². The first-order valence-corrected chi connectivity index (χ1v) is 8.94. The van der Waals surface area contributed by atoms with Gasteiger partial charge < -0.3 is 20.2 Å². The minimum atomic E-state index is -0.535. The van der Waals surface area contributed by atoms with E-state index in [9.17, 15) is 4.79 Å². The number of hydrogen-bond acceptors (Lipinski definition) is 4. The molecule has 28 heavy (non-hydrogen) atoms. The molecule has 6 heteroatoms. The summed E-state index contributed by atoms with van der Waals surface area (Å²) in [6, 6.07) is 19.4. The topological polar surface area (TPSA) is 90.2 Å². The first-order valence-electron chi connectivity index (χ1n) is 8.94. The molecule has 1 amide bonds. The van der Waals surface area contributed by atoms with Crippen molar-refractivity contribution in [2.75, 3.05) is 6.79 Å². The van der Waals surface area contributed by atoms with Crippen LogP contribution in [0, 0.1) is 0 Å². The third-order valence-corrected chi connectivity index (χ3v) is 4.88. The third kappa shape index (κ3) is 2.75. The van der Waals surface area contributed by atoms with Gasteiger partial charge in [0, 0.05) is 23.6 Å². The van der Waals surface area contributed by atoms with Crippen LogP contribution in [-0.4, -0.2) is 22.7 Å². The maximum Gasteiger partial charge on any atom is 0.267 e. The molecule has 4 aromatic rings. The van der Waals surface area contributed by atoms with Crippen molar-refractivity contribution in [3.8, 4) is 22.8 Å². The summed E-state index contributed by atoms with van der Waals surface area (Å²) in [5, 5.41) is 1.04. The normalized spacial score (nSPS) is 12.4. The molecule has 1 aliphatic rings. The van der Waals surface area contributed by atoms with Gasteiger partial charge in [-0.1, -0.05) is 36.4 Å². The van der Waals surface area contributed by atoms with Crippen molar-refractivity contribution in [2.24, 2.45) is 5.73 Å². The third-order valence-electron chi connectivity index (χ3n) is 4.88. The molecule has 1 aliphatic heterocycles. The number of aromatic amines is 1. The maximum atomic E-state index is 11.5. The van der Waals surface area contributed by atoms with Crippen LogP contribution in [0.25, 0.3) is 22.2 Å². The minimum absolute atomic E-state index is 0.227. The van der Waals surface area contributed by atoms with Gasteiger partial charge in [0.1, 0.15) is 5.69 Å². The lowest BCUT2D eigenvalue weighted by Crippen LogP contribution is -2.13.